The highest BCUT2D eigenvalue weighted by Crippen LogP contribution is 2.20. The number of nitrogens with zero attached hydrogens (tertiary/aromatic N) is 1. The molecule has 102 valence electrons. The Labute approximate surface area is 118 Å². The van der Waals surface area contributed by atoms with Crippen molar-refractivity contribution in [1.82, 2.24) is 4.90 Å². The number of ether oxygens (including phenoxy) is 1. The van der Waals surface area contributed by atoms with Crippen LogP contribution in [-0.2, 0) is 22.5 Å². The van der Waals surface area contributed by atoms with Gasteiger partial charge in [-0.2, -0.15) is 0 Å². The van der Waals surface area contributed by atoms with Gasteiger partial charge in [0.2, 0.25) is 5.91 Å². The lowest BCUT2D eigenvalue weighted by Crippen LogP contribution is -2.29. The lowest BCUT2D eigenvalue weighted by Gasteiger charge is -2.23. The van der Waals surface area contributed by atoms with E-state index in [1.807, 2.05) is 60.7 Å². The Morgan fingerprint density at radius 2 is 1.55 bits per heavy atom. The molecule has 1 aliphatic heterocycles. The van der Waals surface area contributed by atoms with Crippen LogP contribution >= 0.6 is 0 Å². The molecule has 1 atom stereocenters. The first-order valence-corrected chi connectivity index (χ1v) is 6.70. The number of hydrogen-bond donors (Lipinski definition) is 0. The summed E-state index contributed by atoms with van der Waals surface area (Å²) in [4.78, 5) is 13.9. The summed E-state index contributed by atoms with van der Waals surface area (Å²) in [6, 6.07) is 19.9. The van der Waals surface area contributed by atoms with Crippen LogP contribution in [-0.4, -0.2) is 16.9 Å². The third kappa shape index (κ3) is 2.89. The topological polar surface area (TPSA) is 29.5 Å². The second-order valence-electron chi connectivity index (χ2n) is 4.87. The van der Waals surface area contributed by atoms with Gasteiger partial charge in [0.25, 0.3) is 0 Å². The van der Waals surface area contributed by atoms with E-state index in [4.69, 9.17) is 4.74 Å². The first-order chi connectivity index (χ1) is 9.83. The van der Waals surface area contributed by atoms with E-state index >= 15 is 0 Å². The molecule has 3 rings (SSSR count). The predicted octanol–water partition coefficient (Wildman–Crippen LogP) is 2.78. The molecule has 1 amide bonds. The van der Waals surface area contributed by atoms with Crippen molar-refractivity contribution in [2.45, 2.75) is 19.1 Å². The average molecular weight is 266 g/mol. The molecule has 0 spiro atoms. The zero-order chi connectivity index (χ0) is 13.8. The van der Waals surface area contributed by atoms with Crippen molar-refractivity contribution in [3.8, 4) is 0 Å². The van der Waals surface area contributed by atoms with E-state index in [2.05, 4.69) is 0 Å². The molecular formula is C17H16NO2-. The van der Waals surface area contributed by atoms with Gasteiger partial charge in [-0.15, -0.1) is 6.73 Å². The maximum absolute atomic E-state index is 12.3. The van der Waals surface area contributed by atoms with Crippen molar-refractivity contribution >= 4 is 5.91 Å². The van der Waals surface area contributed by atoms with Crippen LogP contribution < -0.4 is 0 Å². The highest BCUT2D eigenvalue weighted by atomic mass is 16.5. The van der Waals surface area contributed by atoms with Crippen LogP contribution in [0.5, 0.6) is 0 Å². The van der Waals surface area contributed by atoms with Crippen molar-refractivity contribution in [3.05, 3.63) is 78.5 Å². The molecule has 0 aliphatic carbocycles. The summed E-state index contributed by atoms with van der Waals surface area (Å²) in [6.45, 7) is 2.11. The van der Waals surface area contributed by atoms with Gasteiger partial charge in [-0.25, -0.2) is 0 Å². The molecule has 20 heavy (non-hydrogen) atoms. The SMILES string of the molecule is O=C1C(Cc2ccccc2)O[CH-]N1Cc1ccccc1. The molecule has 1 heterocycles. The fourth-order valence-corrected chi connectivity index (χ4v) is 2.30. The molecule has 1 aliphatic rings. The molecule has 2 aromatic rings. The summed E-state index contributed by atoms with van der Waals surface area (Å²) in [5, 5.41) is 0. The van der Waals surface area contributed by atoms with Crippen LogP contribution in [0.3, 0.4) is 0 Å². The fourth-order valence-electron chi connectivity index (χ4n) is 2.30. The maximum atomic E-state index is 12.3. The lowest BCUT2D eigenvalue weighted by atomic mass is 10.1. The molecule has 3 nitrogen and oxygen atoms in total. The van der Waals surface area contributed by atoms with Crippen LogP contribution in [0.15, 0.2) is 60.7 Å². The van der Waals surface area contributed by atoms with Gasteiger partial charge in [0.05, 0.1) is 0 Å². The minimum absolute atomic E-state index is 0.0257. The van der Waals surface area contributed by atoms with E-state index in [9.17, 15) is 4.79 Å². The van der Waals surface area contributed by atoms with Gasteiger partial charge in [0, 0.05) is 13.0 Å². The van der Waals surface area contributed by atoms with Gasteiger partial charge in [-0.1, -0.05) is 60.7 Å². The average Bonchev–Trinajstić information content (AvgIpc) is 2.83. The molecule has 1 saturated heterocycles. The monoisotopic (exact) mass is 266 g/mol. The zero-order valence-electron chi connectivity index (χ0n) is 11.1. The highest BCUT2D eigenvalue weighted by molar-refractivity contribution is 5.83. The lowest BCUT2D eigenvalue weighted by molar-refractivity contribution is -0.130. The Balaban J connectivity index is 1.62. The Morgan fingerprint density at radius 1 is 0.950 bits per heavy atom. The molecular weight excluding hydrogens is 250 g/mol. The Hall–Kier alpha value is -2.13. The van der Waals surface area contributed by atoms with Crippen molar-refractivity contribution < 1.29 is 9.53 Å². The minimum Gasteiger partial charge on any atom is -0.522 e. The number of carbonyl (C=O) groups excluding carboxylic acids is 1. The van der Waals surface area contributed by atoms with Gasteiger partial charge in [-0.05, 0) is 11.1 Å². The van der Waals surface area contributed by atoms with Crippen LogP contribution in [0, 0.1) is 6.73 Å². The Morgan fingerprint density at radius 3 is 2.20 bits per heavy atom. The minimum atomic E-state index is -0.402. The van der Waals surface area contributed by atoms with E-state index < -0.39 is 6.10 Å². The smallest absolute Gasteiger partial charge is 0.222 e. The van der Waals surface area contributed by atoms with Crippen molar-refractivity contribution in [2.24, 2.45) is 0 Å². The Kier molecular flexibility index (Phi) is 3.79. The maximum Gasteiger partial charge on any atom is 0.222 e. The third-order valence-electron chi connectivity index (χ3n) is 3.37. The van der Waals surface area contributed by atoms with Crippen LogP contribution in [0.4, 0.5) is 0 Å². The van der Waals surface area contributed by atoms with Gasteiger partial charge in [0.15, 0.2) is 0 Å². The molecule has 3 heteroatoms. The molecule has 1 fully saturated rings. The van der Waals surface area contributed by atoms with Crippen molar-refractivity contribution in [3.63, 3.8) is 0 Å². The van der Waals surface area contributed by atoms with E-state index in [-0.39, 0.29) is 5.91 Å². The summed E-state index contributed by atoms with van der Waals surface area (Å²) < 4.78 is 5.51. The number of hydrogen-bond acceptors (Lipinski definition) is 2. The van der Waals surface area contributed by atoms with Gasteiger partial charge < -0.3 is 9.64 Å². The predicted molar refractivity (Wildman–Crippen MR) is 76.3 cm³/mol. The molecule has 0 bridgehead atoms. The van der Waals surface area contributed by atoms with E-state index in [0.29, 0.717) is 13.0 Å². The number of amides is 1. The van der Waals surface area contributed by atoms with E-state index in [1.165, 1.54) is 0 Å². The molecule has 0 saturated carbocycles. The molecule has 1 unspecified atom stereocenters. The normalized spacial score (nSPS) is 18.5. The summed E-state index contributed by atoms with van der Waals surface area (Å²) >= 11 is 0. The molecule has 0 N–H and O–H groups in total. The standard InChI is InChI=1S/C17H16NO2/c19-17-16(11-14-7-3-1-4-8-14)20-13-18(17)12-15-9-5-2-6-10-15/h1-10,13,16H,11-12H2/q-1. The zero-order valence-corrected chi connectivity index (χ0v) is 11.1. The van der Waals surface area contributed by atoms with Gasteiger partial charge >= 0.3 is 0 Å². The summed E-state index contributed by atoms with van der Waals surface area (Å²) in [7, 11) is 0. The summed E-state index contributed by atoms with van der Waals surface area (Å²) in [5.41, 5.74) is 2.21. The largest absolute Gasteiger partial charge is 0.522 e. The van der Waals surface area contributed by atoms with Crippen LogP contribution in [0.1, 0.15) is 11.1 Å². The van der Waals surface area contributed by atoms with Gasteiger partial charge in [-0.3, -0.25) is 4.79 Å². The number of benzene rings is 2. The van der Waals surface area contributed by atoms with Crippen molar-refractivity contribution in [2.75, 3.05) is 0 Å². The second kappa shape index (κ2) is 5.88. The summed E-state index contributed by atoms with van der Waals surface area (Å²) in [5.74, 6) is 0.0257. The molecule has 0 radical (unpaired) electrons. The number of rotatable bonds is 4. The fraction of sp³-hybridized carbons (Fsp3) is 0.176. The molecule has 0 aromatic heterocycles. The first-order valence-electron chi connectivity index (χ1n) is 6.70. The number of carbonyl (C=O) groups is 1. The van der Waals surface area contributed by atoms with Crippen LogP contribution in [0.2, 0.25) is 0 Å². The highest BCUT2D eigenvalue weighted by Gasteiger charge is 2.25. The Bertz CT molecular complexity index is 517. The third-order valence-corrected chi connectivity index (χ3v) is 3.37. The van der Waals surface area contributed by atoms with Crippen molar-refractivity contribution in [1.29, 1.82) is 0 Å². The van der Waals surface area contributed by atoms with Crippen LogP contribution in [0.25, 0.3) is 0 Å². The quantitative estimate of drug-likeness (QED) is 0.796. The van der Waals surface area contributed by atoms with E-state index in [1.54, 1.807) is 11.6 Å². The molecule has 2 aromatic carbocycles. The van der Waals surface area contributed by atoms with E-state index in [0.717, 1.165) is 11.1 Å². The second-order valence-corrected chi connectivity index (χ2v) is 4.87. The summed E-state index contributed by atoms with van der Waals surface area (Å²) in [6.07, 6.45) is 0.211. The first kappa shape index (κ1) is 12.9. The van der Waals surface area contributed by atoms with Gasteiger partial charge in [0.1, 0.15) is 6.10 Å².